The van der Waals surface area contributed by atoms with Gasteiger partial charge < -0.3 is 14.8 Å². The molecule has 3 aromatic heterocycles. The number of anilines is 2. The third kappa shape index (κ3) is 5.17. The van der Waals surface area contributed by atoms with Gasteiger partial charge in [0.1, 0.15) is 5.56 Å². The zero-order valence-corrected chi connectivity index (χ0v) is 21.3. The fourth-order valence-corrected chi connectivity index (χ4v) is 5.52. The van der Waals surface area contributed by atoms with Crippen molar-refractivity contribution < 1.29 is 31.1 Å². The predicted molar refractivity (Wildman–Crippen MR) is 133 cm³/mol. The number of pyridine rings is 1. The number of halogens is 7. The zero-order valence-electron chi connectivity index (χ0n) is 19.7. The average molecular weight is 588 g/mol. The number of carbonyl (C=O) groups excluding carboxylic acids is 1. The average Bonchev–Trinajstić information content (AvgIpc) is 3.30. The van der Waals surface area contributed by atoms with Gasteiger partial charge in [0.2, 0.25) is 5.95 Å². The van der Waals surface area contributed by atoms with E-state index < -0.39 is 29.5 Å². The minimum Gasteiger partial charge on any atom is -0.330 e. The van der Waals surface area contributed by atoms with E-state index in [0.717, 1.165) is 11.3 Å². The maximum absolute atomic E-state index is 13.8. The van der Waals surface area contributed by atoms with Gasteiger partial charge in [-0.3, -0.25) is 9.59 Å². The molecule has 0 spiro atoms. The van der Waals surface area contributed by atoms with Crippen molar-refractivity contribution in [3.63, 3.8) is 0 Å². The second-order valence-electron chi connectivity index (χ2n) is 8.77. The number of nitrogens with zero attached hydrogens (tertiary/aromatic N) is 4. The molecule has 1 N–H and O–H groups in total. The molecule has 0 bridgehead atoms. The number of amides is 1. The van der Waals surface area contributed by atoms with Crippen LogP contribution in [0.3, 0.4) is 0 Å². The molecule has 4 aromatic rings. The van der Waals surface area contributed by atoms with E-state index >= 15 is 0 Å². The lowest BCUT2D eigenvalue weighted by Gasteiger charge is -2.30. The molecule has 0 radical (unpaired) electrons. The van der Waals surface area contributed by atoms with Gasteiger partial charge in [0.05, 0.1) is 26.7 Å². The van der Waals surface area contributed by atoms with E-state index in [1.54, 1.807) is 6.07 Å². The number of hydrogen-bond donors (Lipinski definition) is 1. The highest BCUT2D eigenvalue weighted by atomic mass is 35.5. The van der Waals surface area contributed by atoms with Crippen LogP contribution in [-0.2, 0) is 31.0 Å². The van der Waals surface area contributed by atoms with Gasteiger partial charge in [-0.1, -0.05) is 11.6 Å². The second kappa shape index (κ2) is 9.52. The molecule has 0 saturated carbocycles. The van der Waals surface area contributed by atoms with E-state index in [9.17, 15) is 35.9 Å². The number of alkyl halides is 6. The van der Waals surface area contributed by atoms with E-state index in [1.165, 1.54) is 36.0 Å². The molecular formula is C24H16ClF6N5O2S. The molecule has 15 heteroatoms. The molecule has 1 aromatic carbocycles. The summed E-state index contributed by atoms with van der Waals surface area (Å²) in [5.74, 6) is -2.16. The van der Waals surface area contributed by atoms with Crippen LogP contribution >= 0.6 is 22.9 Å². The molecule has 1 aliphatic rings. The van der Waals surface area contributed by atoms with Gasteiger partial charge in [0.25, 0.3) is 5.56 Å². The van der Waals surface area contributed by atoms with Crippen molar-refractivity contribution in [3.05, 3.63) is 68.7 Å². The number of benzene rings is 1. The number of aromatic nitrogens is 3. The molecule has 204 valence electrons. The van der Waals surface area contributed by atoms with E-state index in [0.29, 0.717) is 26.9 Å². The van der Waals surface area contributed by atoms with Gasteiger partial charge in [0, 0.05) is 37.2 Å². The van der Waals surface area contributed by atoms with Crippen LogP contribution in [0.2, 0.25) is 5.02 Å². The van der Waals surface area contributed by atoms with Crippen molar-refractivity contribution in [2.45, 2.75) is 25.3 Å². The monoisotopic (exact) mass is 587 g/mol. The number of hydrogen-bond acceptors (Lipinski definition) is 6. The Labute approximate surface area is 224 Å². The van der Waals surface area contributed by atoms with Gasteiger partial charge in [-0.25, -0.2) is 9.97 Å². The van der Waals surface area contributed by atoms with E-state index in [-0.39, 0.29) is 52.0 Å². The first-order chi connectivity index (χ1) is 18.2. The highest BCUT2D eigenvalue weighted by Gasteiger charge is 2.43. The van der Waals surface area contributed by atoms with Crippen LogP contribution in [0.5, 0.6) is 0 Å². The summed E-state index contributed by atoms with van der Waals surface area (Å²) < 4.78 is 81.7. The highest BCUT2D eigenvalue weighted by Crippen LogP contribution is 2.40. The summed E-state index contributed by atoms with van der Waals surface area (Å²) in [6.07, 6.45) is -7.53. The summed E-state index contributed by atoms with van der Waals surface area (Å²) in [5, 5.41) is 3.07. The van der Waals surface area contributed by atoms with Crippen LogP contribution in [0.25, 0.3) is 20.7 Å². The highest BCUT2D eigenvalue weighted by molar-refractivity contribution is 7.22. The summed E-state index contributed by atoms with van der Waals surface area (Å²) >= 11 is 7.29. The fraction of sp³-hybridized carbons (Fsp3) is 0.250. The first kappa shape index (κ1) is 26.9. The molecule has 0 atom stereocenters. The lowest BCUT2D eigenvalue weighted by atomic mass is 9.99. The molecule has 4 heterocycles. The van der Waals surface area contributed by atoms with Crippen LogP contribution in [0.1, 0.15) is 16.7 Å². The first-order valence-electron chi connectivity index (χ1n) is 11.2. The van der Waals surface area contributed by atoms with Gasteiger partial charge in [-0.2, -0.15) is 26.3 Å². The number of nitrogens with one attached hydrogen (secondary N) is 1. The third-order valence-corrected chi connectivity index (χ3v) is 7.59. The van der Waals surface area contributed by atoms with E-state index in [2.05, 4.69) is 15.3 Å². The summed E-state index contributed by atoms with van der Waals surface area (Å²) in [6, 6.07) is 5.90. The van der Waals surface area contributed by atoms with Gasteiger partial charge in [-0.05, 0) is 41.8 Å². The Morgan fingerprint density at radius 3 is 2.56 bits per heavy atom. The maximum Gasteiger partial charge on any atom is 0.471 e. The zero-order chi connectivity index (χ0) is 28.3. The molecular weight excluding hydrogens is 572 g/mol. The Morgan fingerprint density at radius 1 is 1.13 bits per heavy atom. The molecule has 39 heavy (non-hydrogen) atoms. The van der Waals surface area contributed by atoms with Crippen molar-refractivity contribution in [1.82, 2.24) is 19.4 Å². The van der Waals surface area contributed by atoms with Crippen LogP contribution in [0, 0.1) is 0 Å². The summed E-state index contributed by atoms with van der Waals surface area (Å²) in [7, 11) is 1.53. The fourth-order valence-electron chi connectivity index (χ4n) is 4.24. The third-order valence-electron chi connectivity index (χ3n) is 6.17. The van der Waals surface area contributed by atoms with Crippen molar-refractivity contribution in [2.24, 2.45) is 7.05 Å². The van der Waals surface area contributed by atoms with E-state index in [1.807, 2.05) is 0 Å². The van der Waals surface area contributed by atoms with Gasteiger partial charge in [-0.15, -0.1) is 11.3 Å². The topological polar surface area (TPSA) is 80.1 Å². The summed E-state index contributed by atoms with van der Waals surface area (Å²) in [4.78, 5) is 32.7. The molecule has 0 aliphatic carbocycles. The van der Waals surface area contributed by atoms with Crippen molar-refractivity contribution in [1.29, 1.82) is 0 Å². The molecule has 1 aliphatic heterocycles. The quantitative estimate of drug-likeness (QED) is 0.301. The number of fused-ring (bicyclic) bond motifs is 2. The predicted octanol–water partition coefficient (Wildman–Crippen LogP) is 5.92. The Morgan fingerprint density at radius 2 is 1.87 bits per heavy atom. The second-order valence-corrected chi connectivity index (χ2v) is 10.3. The SMILES string of the molecule is Cn1ccc2sc(-c3nc(Nc4cc5c(cc4Cl)CN(C(=O)C(F)(F)F)CC5)ncc3C(F)(F)F)cc2c1=O. The van der Waals surface area contributed by atoms with Gasteiger partial charge in [0.15, 0.2) is 0 Å². The minimum absolute atomic E-state index is 0.0467. The van der Waals surface area contributed by atoms with Crippen molar-refractivity contribution in [3.8, 4) is 10.6 Å². The largest absolute Gasteiger partial charge is 0.471 e. The summed E-state index contributed by atoms with van der Waals surface area (Å²) in [5.41, 5.74) is -0.647. The molecule has 7 nitrogen and oxygen atoms in total. The Bertz CT molecular complexity index is 1680. The Balaban J connectivity index is 1.50. The maximum atomic E-state index is 13.8. The lowest BCUT2D eigenvalue weighted by Crippen LogP contribution is -2.43. The van der Waals surface area contributed by atoms with Gasteiger partial charge >= 0.3 is 18.3 Å². The Hall–Kier alpha value is -3.65. The first-order valence-corrected chi connectivity index (χ1v) is 12.4. The molecule has 0 saturated heterocycles. The molecule has 0 fully saturated rings. The number of aryl methyl sites for hydroxylation is 1. The number of rotatable bonds is 3. The normalized spacial score (nSPS) is 14.0. The Kier molecular flexibility index (Phi) is 6.58. The van der Waals surface area contributed by atoms with Crippen LogP contribution in [-0.4, -0.2) is 38.1 Å². The summed E-state index contributed by atoms with van der Waals surface area (Å²) in [6.45, 7) is -0.460. The molecule has 5 rings (SSSR count). The van der Waals surface area contributed by atoms with Crippen molar-refractivity contribution in [2.75, 3.05) is 11.9 Å². The van der Waals surface area contributed by atoms with E-state index in [4.69, 9.17) is 11.6 Å². The van der Waals surface area contributed by atoms with Crippen LogP contribution in [0.4, 0.5) is 38.0 Å². The van der Waals surface area contributed by atoms with Crippen LogP contribution < -0.4 is 10.9 Å². The number of thiophene rings is 1. The van der Waals surface area contributed by atoms with Crippen LogP contribution in [0.15, 0.2) is 41.5 Å². The van der Waals surface area contributed by atoms with Crippen molar-refractivity contribution >= 4 is 50.6 Å². The molecule has 1 amide bonds. The smallest absolute Gasteiger partial charge is 0.330 e. The standard InChI is InChI=1S/C24H16ClF6N5O2S/c1-35-4-3-17-13(20(35)37)8-18(39-17)19-14(23(26,27)28)9-32-22(34-19)33-16-7-11-2-5-36(21(38)24(29,30)31)10-12(11)6-15(16)25/h3-4,6-9H,2,5,10H2,1H3,(H,32,33,34). The minimum atomic E-state index is -5.00. The number of carbonyl (C=O) groups is 1. The lowest BCUT2D eigenvalue weighted by molar-refractivity contribution is -0.186. The molecule has 0 unspecified atom stereocenters.